The Balaban J connectivity index is 2.69. The molecule has 0 spiro atoms. The normalized spacial score (nSPS) is 14.4. The van der Waals surface area contributed by atoms with Gasteiger partial charge in [-0.2, -0.15) is 0 Å². The summed E-state index contributed by atoms with van der Waals surface area (Å²) in [4.78, 5) is 0. The van der Waals surface area contributed by atoms with E-state index in [1.807, 2.05) is 19.4 Å². The van der Waals surface area contributed by atoms with Crippen LogP contribution in [-0.4, -0.2) is 32.5 Å². The van der Waals surface area contributed by atoms with E-state index in [0.717, 1.165) is 12.8 Å². The molecule has 102 valence electrons. The molecule has 1 unspecified atom stereocenters. The van der Waals surface area contributed by atoms with Gasteiger partial charge in [-0.05, 0) is 51.1 Å². The van der Waals surface area contributed by atoms with Crippen LogP contribution in [-0.2, 0) is 34.6 Å². The van der Waals surface area contributed by atoms with E-state index in [4.69, 9.17) is 28.1 Å². The lowest BCUT2D eigenvalue weighted by Crippen LogP contribution is -2.12. The minimum absolute atomic E-state index is 0.161. The van der Waals surface area contributed by atoms with Gasteiger partial charge >= 0.3 is 0 Å². The zero-order chi connectivity index (χ0) is 13.8. The number of aryl methyl sites for hydroxylation is 1. The van der Waals surface area contributed by atoms with Crippen LogP contribution in [0.25, 0.3) is 0 Å². The van der Waals surface area contributed by atoms with Gasteiger partial charge in [0.05, 0.1) is 12.1 Å². The third kappa shape index (κ3) is 6.59. The molecule has 0 radical (unpaired) electrons. The summed E-state index contributed by atoms with van der Waals surface area (Å²) in [6, 6.07) is 9.05. The van der Waals surface area contributed by atoms with Gasteiger partial charge in [-0.1, -0.05) is 53.9 Å². The van der Waals surface area contributed by atoms with Crippen LogP contribution in [0.5, 0.6) is 0 Å². The highest BCUT2D eigenvalue weighted by Crippen LogP contribution is 2.53. The van der Waals surface area contributed by atoms with Crippen molar-refractivity contribution in [3.8, 4) is 0 Å². The summed E-state index contributed by atoms with van der Waals surface area (Å²) in [6.45, 7) is 8.37. The quantitative estimate of drug-likeness (QED) is 0.721. The van der Waals surface area contributed by atoms with Crippen molar-refractivity contribution in [2.75, 3.05) is 26.7 Å². The third-order valence-corrected chi connectivity index (χ3v) is 6.23. The zero-order valence-corrected chi connectivity index (χ0v) is 14.9. The number of hydrogen-bond donors (Lipinski definition) is 0. The van der Waals surface area contributed by atoms with Crippen LogP contribution in [0.1, 0.15) is 12.0 Å². The second-order valence-corrected chi connectivity index (χ2v) is 16.9. The average molecular weight is 320 g/mol. The van der Waals surface area contributed by atoms with Crippen molar-refractivity contribution >= 4 is 35.9 Å². The van der Waals surface area contributed by atoms with Crippen molar-refractivity contribution < 1.29 is 4.52 Å². The van der Waals surface area contributed by atoms with Gasteiger partial charge in [0.2, 0.25) is 0 Å². The molecule has 0 saturated carbocycles. The molecule has 0 aliphatic carbocycles. The predicted octanol–water partition coefficient (Wildman–Crippen LogP) is 4.36. The Labute approximate surface area is 121 Å². The van der Waals surface area contributed by atoms with Crippen LogP contribution in [0.15, 0.2) is 30.3 Å². The number of rotatable bonds is 6. The first-order valence-electron chi connectivity index (χ1n) is 6.00. The van der Waals surface area contributed by atoms with Gasteiger partial charge in [0.1, 0.15) is 0 Å². The fraction of sp³-hybridized carbons (Fsp3) is 0.538. The van der Waals surface area contributed by atoms with E-state index in [0.29, 0.717) is 0 Å². The summed E-state index contributed by atoms with van der Waals surface area (Å²) < 4.78 is 6.10. The first-order valence-corrected chi connectivity index (χ1v) is 13.4. The zero-order valence-electron chi connectivity index (χ0n) is 11.5. The molecule has 0 saturated heterocycles. The predicted molar refractivity (Wildman–Crippen MR) is 91.9 cm³/mol. The Bertz CT molecular complexity index is 461. The second kappa shape index (κ2) is 6.77. The molecule has 0 heterocycles. The second-order valence-electron chi connectivity index (χ2n) is 5.27. The lowest BCUT2D eigenvalue weighted by molar-refractivity contribution is 0.304. The molecule has 1 atom stereocenters. The first-order chi connectivity index (χ1) is 8.18. The molecule has 1 rings (SSSR count). The summed E-state index contributed by atoms with van der Waals surface area (Å²) in [7, 11) is 0. The fourth-order valence-corrected chi connectivity index (χ4v) is 5.93. The Hall–Kier alpha value is 0.480. The van der Waals surface area contributed by atoms with Crippen molar-refractivity contribution in [2.45, 2.75) is 18.7 Å². The van der Waals surface area contributed by atoms with Crippen molar-refractivity contribution in [3.05, 3.63) is 35.9 Å². The molecule has 0 amide bonds. The molecule has 0 N–H and O–H groups in total. The average Bonchev–Trinajstić information content (AvgIpc) is 2.22. The summed E-state index contributed by atoms with van der Waals surface area (Å²) in [5.41, 5.74) is 1.34. The van der Waals surface area contributed by atoms with E-state index in [1.165, 1.54) is 5.56 Å². The SMILES string of the molecule is CP(C)(=S)OC(CCc1ccccc1)P(C)(C)=S. The molecule has 0 bridgehead atoms. The number of hydrogen-bond acceptors (Lipinski definition) is 3. The van der Waals surface area contributed by atoms with Gasteiger partial charge in [-0.3, -0.25) is 0 Å². The molecule has 0 aliphatic heterocycles. The van der Waals surface area contributed by atoms with Crippen LogP contribution in [0, 0.1) is 0 Å². The minimum atomic E-state index is -1.65. The van der Waals surface area contributed by atoms with E-state index in [9.17, 15) is 0 Å². The van der Waals surface area contributed by atoms with Crippen LogP contribution >= 0.6 is 12.3 Å². The molecule has 0 aromatic heterocycles. The van der Waals surface area contributed by atoms with Gasteiger partial charge in [0.25, 0.3) is 0 Å². The molecule has 1 aromatic rings. The van der Waals surface area contributed by atoms with Gasteiger partial charge < -0.3 is 4.52 Å². The maximum atomic E-state index is 6.10. The van der Waals surface area contributed by atoms with E-state index in [1.54, 1.807) is 0 Å². The highest BCUT2D eigenvalue weighted by molar-refractivity contribution is 8.15. The largest absolute Gasteiger partial charge is 0.343 e. The Morgan fingerprint density at radius 3 is 2.06 bits per heavy atom. The van der Waals surface area contributed by atoms with E-state index >= 15 is 0 Å². The van der Waals surface area contributed by atoms with Crippen molar-refractivity contribution in [3.63, 3.8) is 0 Å². The van der Waals surface area contributed by atoms with Crippen molar-refractivity contribution in [2.24, 2.45) is 0 Å². The summed E-state index contributed by atoms with van der Waals surface area (Å²) >= 11 is 11.1. The molecule has 0 aliphatic rings. The van der Waals surface area contributed by atoms with Crippen molar-refractivity contribution in [1.29, 1.82) is 0 Å². The Morgan fingerprint density at radius 2 is 1.61 bits per heavy atom. The monoisotopic (exact) mass is 320 g/mol. The van der Waals surface area contributed by atoms with Gasteiger partial charge in [-0.25, -0.2) is 0 Å². The summed E-state index contributed by atoms with van der Waals surface area (Å²) in [5, 5.41) is 0. The molecule has 0 fully saturated rings. The van der Waals surface area contributed by atoms with Crippen molar-refractivity contribution in [1.82, 2.24) is 0 Å². The highest BCUT2D eigenvalue weighted by atomic mass is 32.4. The fourth-order valence-electron chi connectivity index (χ4n) is 1.70. The standard InChI is InChI=1S/C13H22OP2S2/c1-15(2,17)13(14-16(3,4)18)11-10-12-8-6-5-7-9-12/h5-9,13H,10-11H2,1-4H3. The summed E-state index contributed by atoms with van der Waals surface area (Å²) in [6.07, 6.45) is 0.350. The van der Waals surface area contributed by atoms with Crippen LogP contribution in [0.4, 0.5) is 0 Å². The van der Waals surface area contributed by atoms with Gasteiger partial charge in [-0.15, -0.1) is 0 Å². The maximum Gasteiger partial charge on any atom is 0.0908 e. The summed E-state index contributed by atoms with van der Waals surface area (Å²) in [5.74, 6) is 0.161. The minimum Gasteiger partial charge on any atom is -0.343 e. The van der Waals surface area contributed by atoms with Gasteiger partial charge in [0.15, 0.2) is 0 Å². The lowest BCUT2D eigenvalue weighted by Gasteiger charge is -2.28. The van der Waals surface area contributed by atoms with Crippen LogP contribution in [0.2, 0.25) is 0 Å². The number of benzene rings is 1. The lowest BCUT2D eigenvalue weighted by atomic mass is 10.1. The van der Waals surface area contributed by atoms with Gasteiger partial charge in [0, 0.05) is 0 Å². The van der Waals surface area contributed by atoms with E-state index < -0.39 is 12.3 Å². The third-order valence-electron chi connectivity index (χ3n) is 2.59. The molecule has 1 aromatic carbocycles. The molecule has 1 nitrogen and oxygen atoms in total. The van der Waals surface area contributed by atoms with E-state index in [2.05, 4.69) is 37.6 Å². The van der Waals surface area contributed by atoms with E-state index in [-0.39, 0.29) is 5.85 Å². The van der Waals surface area contributed by atoms with Crippen LogP contribution < -0.4 is 0 Å². The van der Waals surface area contributed by atoms with Crippen LogP contribution in [0.3, 0.4) is 0 Å². The molecule has 5 heteroatoms. The topological polar surface area (TPSA) is 9.23 Å². The highest BCUT2D eigenvalue weighted by Gasteiger charge is 2.23. The molecule has 18 heavy (non-hydrogen) atoms. The smallest absolute Gasteiger partial charge is 0.0908 e. The molecular weight excluding hydrogens is 298 g/mol. The Morgan fingerprint density at radius 1 is 1.06 bits per heavy atom. The molecular formula is C13H22OP2S2. The maximum absolute atomic E-state index is 6.10. The first kappa shape index (κ1) is 16.5. The Kier molecular flexibility index (Phi) is 6.22.